The molecule has 0 aliphatic rings. The van der Waals surface area contributed by atoms with Gasteiger partial charge in [0.05, 0.1) is 33.1 Å². The number of para-hydroxylation sites is 4. The van der Waals surface area contributed by atoms with E-state index >= 15 is 0 Å². The highest BCUT2D eigenvalue weighted by Gasteiger charge is 2.19. The molecule has 0 fully saturated rings. The van der Waals surface area contributed by atoms with E-state index in [0.29, 0.717) is 0 Å². The Bertz CT molecular complexity index is 3800. The summed E-state index contributed by atoms with van der Waals surface area (Å²) in [6.45, 7) is 0. The summed E-state index contributed by atoms with van der Waals surface area (Å²) in [5.74, 6) is 0. The Morgan fingerprint density at radius 2 is 0.690 bits per heavy atom. The zero-order valence-corrected chi connectivity index (χ0v) is 32.1. The van der Waals surface area contributed by atoms with Gasteiger partial charge in [-0.05, 0) is 102 Å². The molecule has 4 heterocycles. The van der Waals surface area contributed by atoms with E-state index in [1.807, 2.05) is 11.3 Å². The third-order valence-electron chi connectivity index (χ3n) is 12.2. The van der Waals surface area contributed by atoms with E-state index in [4.69, 9.17) is 0 Å². The standard InChI is InChI=1S/C54H33N3S/c1-2-12-36(13-3-1)55-48-19-9-5-15-40(48)44-30-34(23-27-50(44)55)35-22-26-42-39-14-4-8-18-47(39)57(52(42)31-35)37-24-28-51-45(32-37)41-16-6-10-20-49(41)56(51)38-25-29-54-46(33-38)43-17-7-11-21-53(43)58-54/h1-33H. The first-order chi connectivity index (χ1) is 28.8. The number of nitrogens with zero attached hydrogens (tertiary/aromatic N) is 3. The van der Waals surface area contributed by atoms with Gasteiger partial charge in [-0.3, -0.25) is 0 Å². The monoisotopic (exact) mass is 755 g/mol. The Morgan fingerprint density at radius 3 is 1.41 bits per heavy atom. The maximum atomic E-state index is 2.46. The van der Waals surface area contributed by atoms with Crippen LogP contribution in [0.1, 0.15) is 0 Å². The predicted octanol–water partition coefficient (Wildman–Crippen LogP) is 15.0. The molecule has 0 saturated heterocycles. The quantitative estimate of drug-likeness (QED) is 0.170. The Morgan fingerprint density at radius 1 is 0.241 bits per heavy atom. The topological polar surface area (TPSA) is 14.8 Å². The Labute approximate surface area is 337 Å². The molecule has 0 spiro atoms. The average Bonchev–Trinajstić information content (AvgIpc) is 4.02. The highest BCUT2D eigenvalue weighted by molar-refractivity contribution is 7.25. The molecule has 0 radical (unpaired) electrons. The van der Waals surface area contributed by atoms with Crippen molar-refractivity contribution in [3.8, 4) is 28.2 Å². The second-order valence-corrected chi connectivity index (χ2v) is 16.4. The van der Waals surface area contributed by atoms with Gasteiger partial charge >= 0.3 is 0 Å². The van der Waals surface area contributed by atoms with Crippen LogP contribution in [0.3, 0.4) is 0 Å². The van der Waals surface area contributed by atoms with Gasteiger partial charge < -0.3 is 13.7 Å². The molecule has 3 nitrogen and oxygen atoms in total. The largest absolute Gasteiger partial charge is 0.309 e. The number of aromatic nitrogens is 3. The van der Waals surface area contributed by atoms with E-state index < -0.39 is 0 Å². The van der Waals surface area contributed by atoms with Crippen LogP contribution in [0.15, 0.2) is 200 Å². The molecule has 13 rings (SSSR count). The smallest absolute Gasteiger partial charge is 0.0547 e. The van der Waals surface area contributed by atoms with Crippen LogP contribution in [0.2, 0.25) is 0 Å². The average molecular weight is 756 g/mol. The van der Waals surface area contributed by atoms with Crippen molar-refractivity contribution < 1.29 is 0 Å². The van der Waals surface area contributed by atoms with Gasteiger partial charge in [-0.25, -0.2) is 0 Å². The molecule has 0 bridgehead atoms. The minimum absolute atomic E-state index is 1.15. The lowest BCUT2D eigenvalue weighted by Crippen LogP contribution is -1.96. The van der Waals surface area contributed by atoms with Crippen molar-refractivity contribution in [1.29, 1.82) is 0 Å². The summed E-state index contributed by atoms with van der Waals surface area (Å²) in [7, 11) is 0. The van der Waals surface area contributed by atoms with E-state index in [0.717, 1.165) is 5.69 Å². The molecule has 270 valence electrons. The summed E-state index contributed by atoms with van der Waals surface area (Å²) >= 11 is 1.86. The summed E-state index contributed by atoms with van der Waals surface area (Å²) in [4.78, 5) is 0. The van der Waals surface area contributed by atoms with E-state index in [2.05, 4.69) is 214 Å². The molecule has 0 saturated carbocycles. The van der Waals surface area contributed by atoms with Crippen LogP contribution >= 0.6 is 11.3 Å². The van der Waals surface area contributed by atoms with Gasteiger partial charge in [0.25, 0.3) is 0 Å². The predicted molar refractivity (Wildman–Crippen MR) is 248 cm³/mol. The van der Waals surface area contributed by atoms with Crippen LogP contribution in [0.5, 0.6) is 0 Å². The fourth-order valence-electron chi connectivity index (χ4n) is 9.67. The molecule has 0 aliphatic carbocycles. The number of hydrogen-bond donors (Lipinski definition) is 0. The second kappa shape index (κ2) is 12.1. The van der Waals surface area contributed by atoms with Crippen molar-refractivity contribution in [1.82, 2.24) is 13.7 Å². The molecular weight excluding hydrogens is 723 g/mol. The molecular formula is C54H33N3S. The van der Waals surface area contributed by atoms with Crippen LogP contribution in [0, 0.1) is 0 Å². The van der Waals surface area contributed by atoms with Crippen molar-refractivity contribution >= 4 is 96.9 Å². The van der Waals surface area contributed by atoms with Gasteiger partial charge in [0, 0.05) is 69.6 Å². The minimum atomic E-state index is 1.15. The summed E-state index contributed by atoms with van der Waals surface area (Å²) < 4.78 is 9.92. The Balaban J connectivity index is 1.01. The van der Waals surface area contributed by atoms with Gasteiger partial charge in [0.15, 0.2) is 0 Å². The van der Waals surface area contributed by atoms with E-state index in [9.17, 15) is 0 Å². The van der Waals surface area contributed by atoms with Crippen LogP contribution < -0.4 is 0 Å². The molecule has 0 N–H and O–H groups in total. The normalized spacial score (nSPS) is 12.1. The highest BCUT2D eigenvalue weighted by atomic mass is 32.1. The van der Waals surface area contributed by atoms with Crippen molar-refractivity contribution in [2.45, 2.75) is 0 Å². The number of fused-ring (bicyclic) bond motifs is 12. The lowest BCUT2D eigenvalue weighted by Gasteiger charge is -2.11. The summed E-state index contributed by atoms with van der Waals surface area (Å²) in [6, 6.07) is 73.8. The number of rotatable bonds is 4. The third-order valence-corrected chi connectivity index (χ3v) is 13.4. The third kappa shape index (κ3) is 4.49. The van der Waals surface area contributed by atoms with Crippen molar-refractivity contribution in [2.75, 3.05) is 0 Å². The van der Waals surface area contributed by atoms with Gasteiger partial charge in [0.2, 0.25) is 0 Å². The summed E-state index contributed by atoms with van der Waals surface area (Å²) in [5.41, 5.74) is 13.1. The molecule has 0 amide bonds. The number of benzene rings is 9. The maximum absolute atomic E-state index is 2.46. The fraction of sp³-hybridized carbons (Fsp3) is 0. The SMILES string of the molecule is c1ccc(-n2c3ccccc3c3cc(-c4ccc5c6ccccc6n(-c6ccc7c(c6)c6ccccc6n7-c6ccc7sc8ccccc8c7c6)c5c4)ccc32)cc1. The van der Waals surface area contributed by atoms with Crippen LogP contribution in [-0.4, -0.2) is 13.7 Å². The van der Waals surface area contributed by atoms with Gasteiger partial charge in [-0.15, -0.1) is 11.3 Å². The molecule has 0 unspecified atom stereocenters. The fourth-order valence-corrected chi connectivity index (χ4v) is 10.8. The first kappa shape index (κ1) is 31.8. The van der Waals surface area contributed by atoms with Gasteiger partial charge in [-0.2, -0.15) is 0 Å². The molecule has 9 aromatic carbocycles. The maximum Gasteiger partial charge on any atom is 0.0547 e. The van der Waals surface area contributed by atoms with Crippen LogP contribution in [0.25, 0.3) is 114 Å². The molecule has 4 heteroatoms. The molecule has 0 aliphatic heterocycles. The number of hydrogen-bond acceptors (Lipinski definition) is 1. The minimum Gasteiger partial charge on any atom is -0.309 e. The van der Waals surface area contributed by atoms with E-state index in [1.54, 1.807) is 0 Å². The lowest BCUT2D eigenvalue weighted by atomic mass is 10.0. The van der Waals surface area contributed by atoms with E-state index in [1.165, 1.54) is 108 Å². The van der Waals surface area contributed by atoms with Crippen molar-refractivity contribution in [3.63, 3.8) is 0 Å². The zero-order chi connectivity index (χ0) is 37.9. The van der Waals surface area contributed by atoms with Crippen molar-refractivity contribution in [3.05, 3.63) is 200 Å². The van der Waals surface area contributed by atoms with Gasteiger partial charge in [-0.1, -0.05) is 109 Å². The molecule has 13 aromatic rings. The number of thiophene rings is 1. The van der Waals surface area contributed by atoms with Crippen molar-refractivity contribution in [2.24, 2.45) is 0 Å². The highest BCUT2D eigenvalue weighted by Crippen LogP contribution is 2.41. The zero-order valence-electron chi connectivity index (χ0n) is 31.3. The lowest BCUT2D eigenvalue weighted by molar-refractivity contribution is 1.17. The molecule has 4 aromatic heterocycles. The van der Waals surface area contributed by atoms with Crippen LogP contribution in [-0.2, 0) is 0 Å². The Hall–Kier alpha value is -7.40. The summed E-state index contributed by atoms with van der Waals surface area (Å²) in [5, 5.41) is 10.1. The first-order valence-electron chi connectivity index (χ1n) is 19.8. The first-order valence-corrected chi connectivity index (χ1v) is 20.7. The van der Waals surface area contributed by atoms with Gasteiger partial charge in [0.1, 0.15) is 0 Å². The van der Waals surface area contributed by atoms with E-state index in [-0.39, 0.29) is 0 Å². The second-order valence-electron chi connectivity index (χ2n) is 15.3. The molecule has 58 heavy (non-hydrogen) atoms. The molecule has 0 atom stereocenters. The summed E-state index contributed by atoms with van der Waals surface area (Å²) in [6.07, 6.45) is 0. The van der Waals surface area contributed by atoms with Crippen LogP contribution in [0.4, 0.5) is 0 Å². The Kier molecular flexibility index (Phi) is 6.60.